The van der Waals surface area contributed by atoms with Crippen LogP contribution in [0.3, 0.4) is 0 Å². The number of hydrogen-bond acceptors (Lipinski definition) is 2. The minimum Gasteiger partial charge on any atom is -0.481 e. The second-order valence-electron chi connectivity index (χ2n) is 4.17. The summed E-state index contributed by atoms with van der Waals surface area (Å²) < 4.78 is 1.10. The van der Waals surface area contributed by atoms with Crippen LogP contribution >= 0.6 is 27.7 Å². The van der Waals surface area contributed by atoms with E-state index in [4.69, 9.17) is 5.11 Å². The van der Waals surface area contributed by atoms with Crippen LogP contribution in [0.25, 0.3) is 0 Å². The first-order valence-electron chi connectivity index (χ1n) is 5.24. The number of aliphatic carboxylic acids is 1. The summed E-state index contributed by atoms with van der Waals surface area (Å²) in [6, 6.07) is 6.28. The molecule has 1 aromatic rings. The molecule has 0 bridgehead atoms. The predicted molar refractivity (Wildman–Crippen MR) is 68.9 cm³/mol. The molecule has 2 nitrogen and oxygen atoms in total. The van der Waals surface area contributed by atoms with Crippen molar-refractivity contribution < 1.29 is 9.90 Å². The normalized spacial score (nSPS) is 20.5. The Hall–Kier alpha value is -0.480. The average Bonchev–Trinajstić information content (AvgIpc) is 2.58. The van der Waals surface area contributed by atoms with Crippen molar-refractivity contribution in [2.75, 3.05) is 0 Å². The van der Waals surface area contributed by atoms with Crippen LogP contribution in [-0.4, -0.2) is 16.3 Å². The zero-order valence-electron chi connectivity index (χ0n) is 8.94. The molecule has 86 valence electrons. The van der Waals surface area contributed by atoms with Crippen LogP contribution in [0.1, 0.15) is 18.9 Å². The lowest BCUT2D eigenvalue weighted by atomic mass is 10.0. The molecule has 0 spiro atoms. The largest absolute Gasteiger partial charge is 0.481 e. The van der Waals surface area contributed by atoms with Gasteiger partial charge in [-0.3, -0.25) is 4.79 Å². The van der Waals surface area contributed by atoms with E-state index in [0.717, 1.165) is 17.3 Å². The topological polar surface area (TPSA) is 37.3 Å². The number of fused-ring (bicyclic) bond motifs is 1. The summed E-state index contributed by atoms with van der Waals surface area (Å²) >= 11 is 5.26. The fraction of sp³-hybridized carbons (Fsp3) is 0.417. The van der Waals surface area contributed by atoms with Gasteiger partial charge in [0.05, 0.1) is 5.92 Å². The van der Waals surface area contributed by atoms with Gasteiger partial charge in [-0.05, 0) is 36.6 Å². The Labute approximate surface area is 108 Å². The van der Waals surface area contributed by atoms with E-state index in [2.05, 4.69) is 28.1 Å². The van der Waals surface area contributed by atoms with Gasteiger partial charge in [0, 0.05) is 14.6 Å². The SMILES string of the molecule is CC(CC1Cc2cc(Br)ccc2S1)C(=O)O. The minimum atomic E-state index is -0.697. The van der Waals surface area contributed by atoms with Crippen molar-refractivity contribution in [3.8, 4) is 0 Å². The standard InChI is InChI=1S/C12H13BrO2S/c1-7(12(14)15)4-10-6-8-5-9(13)2-3-11(8)16-10/h2-3,5,7,10H,4,6H2,1H3,(H,14,15). The first-order chi connectivity index (χ1) is 7.56. The summed E-state index contributed by atoms with van der Waals surface area (Å²) in [5.74, 6) is -0.951. The summed E-state index contributed by atoms with van der Waals surface area (Å²) in [7, 11) is 0. The molecule has 2 unspecified atom stereocenters. The summed E-state index contributed by atoms with van der Waals surface area (Å²) in [5.41, 5.74) is 1.34. The first-order valence-corrected chi connectivity index (χ1v) is 6.91. The number of carboxylic acid groups (broad SMARTS) is 1. The maximum absolute atomic E-state index is 10.8. The highest BCUT2D eigenvalue weighted by atomic mass is 79.9. The highest BCUT2D eigenvalue weighted by Crippen LogP contribution is 2.40. The van der Waals surface area contributed by atoms with Crippen LogP contribution in [0, 0.1) is 5.92 Å². The first kappa shape index (κ1) is 12.0. The molecule has 2 atom stereocenters. The van der Waals surface area contributed by atoms with Gasteiger partial charge in [0.2, 0.25) is 0 Å². The highest BCUT2D eigenvalue weighted by molar-refractivity contribution is 9.10. The van der Waals surface area contributed by atoms with Crippen molar-refractivity contribution in [2.45, 2.75) is 29.9 Å². The molecular formula is C12H13BrO2S. The van der Waals surface area contributed by atoms with E-state index < -0.39 is 5.97 Å². The van der Waals surface area contributed by atoms with E-state index in [1.165, 1.54) is 10.5 Å². The zero-order valence-corrected chi connectivity index (χ0v) is 11.3. The molecule has 1 aliphatic heterocycles. The Morgan fingerprint density at radius 3 is 3.12 bits per heavy atom. The molecule has 0 saturated heterocycles. The molecular weight excluding hydrogens is 288 g/mol. The smallest absolute Gasteiger partial charge is 0.306 e. The Kier molecular flexibility index (Phi) is 3.60. The Morgan fingerprint density at radius 1 is 1.69 bits per heavy atom. The third-order valence-electron chi connectivity index (χ3n) is 2.80. The van der Waals surface area contributed by atoms with Crippen molar-refractivity contribution in [1.82, 2.24) is 0 Å². The Balaban J connectivity index is 2.03. The maximum atomic E-state index is 10.8. The molecule has 1 N–H and O–H groups in total. The van der Waals surface area contributed by atoms with Gasteiger partial charge in [0.1, 0.15) is 0 Å². The Morgan fingerprint density at radius 2 is 2.44 bits per heavy atom. The molecule has 0 amide bonds. The fourth-order valence-corrected chi connectivity index (χ4v) is 3.77. The molecule has 1 aromatic carbocycles. The van der Waals surface area contributed by atoms with E-state index in [0.29, 0.717) is 5.25 Å². The Bertz CT molecular complexity index is 419. The molecule has 1 heterocycles. The summed E-state index contributed by atoms with van der Waals surface area (Å²) in [5, 5.41) is 9.30. The number of rotatable bonds is 3. The van der Waals surface area contributed by atoms with Gasteiger partial charge in [-0.15, -0.1) is 11.8 Å². The van der Waals surface area contributed by atoms with Crippen LogP contribution in [0.5, 0.6) is 0 Å². The number of halogens is 1. The zero-order chi connectivity index (χ0) is 11.7. The fourth-order valence-electron chi connectivity index (χ4n) is 1.92. The van der Waals surface area contributed by atoms with Gasteiger partial charge in [-0.25, -0.2) is 0 Å². The summed E-state index contributed by atoms with van der Waals surface area (Å²) in [6.07, 6.45) is 1.73. The monoisotopic (exact) mass is 300 g/mol. The molecule has 16 heavy (non-hydrogen) atoms. The van der Waals surface area contributed by atoms with Crippen molar-refractivity contribution >= 4 is 33.7 Å². The van der Waals surface area contributed by atoms with E-state index in [1.807, 2.05) is 6.07 Å². The van der Waals surface area contributed by atoms with Crippen LogP contribution < -0.4 is 0 Å². The quantitative estimate of drug-likeness (QED) is 0.927. The van der Waals surface area contributed by atoms with Crippen molar-refractivity contribution in [1.29, 1.82) is 0 Å². The number of thioether (sulfide) groups is 1. The van der Waals surface area contributed by atoms with Gasteiger partial charge in [0.15, 0.2) is 0 Å². The van der Waals surface area contributed by atoms with Crippen molar-refractivity contribution in [3.63, 3.8) is 0 Å². The molecule has 0 saturated carbocycles. The van der Waals surface area contributed by atoms with Crippen LogP contribution in [0.2, 0.25) is 0 Å². The average molecular weight is 301 g/mol. The number of carboxylic acids is 1. The molecule has 4 heteroatoms. The molecule has 0 radical (unpaired) electrons. The van der Waals surface area contributed by atoms with E-state index >= 15 is 0 Å². The van der Waals surface area contributed by atoms with E-state index in [-0.39, 0.29) is 5.92 Å². The van der Waals surface area contributed by atoms with Gasteiger partial charge in [-0.1, -0.05) is 22.9 Å². The van der Waals surface area contributed by atoms with Gasteiger partial charge < -0.3 is 5.11 Å². The van der Waals surface area contributed by atoms with Crippen molar-refractivity contribution in [2.24, 2.45) is 5.92 Å². The van der Waals surface area contributed by atoms with Gasteiger partial charge >= 0.3 is 5.97 Å². The van der Waals surface area contributed by atoms with Gasteiger partial charge in [0.25, 0.3) is 0 Å². The van der Waals surface area contributed by atoms with Crippen LogP contribution in [0.15, 0.2) is 27.6 Å². The second-order valence-corrected chi connectivity index (χ2v) is 6.43. The lowest BCUT2D eigenvalue weighted by Crippen LogP contribution is -2.15. The molecule has 2 rings (SSSR count). The number of benzene rings is 1. The summed E-state index contributed by atoms with van der Waals surface area (Å²) in [6.45, 7) is 1.78. The lowest BCUT2D eigenvalue weighted by Gasteiger charge is -2.11. The molecule has 0 aliphatic carbocycles. The minimum absolute atomic E-state index is 0.254. The molecule has 1 aliphatic rings. The van der Waals surface area contributed by atoms with E-state index in [9.17, 15) is 4.79 Å². The molecule has 0 fully saturated rings. The number of hydrogen-bond donors (Lipinski definition) is 1. The predicted octanol–water partition coefficient (Wildman–Crippen LogP) is 3.58. The third kappa shape index (κ3) is 2.61. The van der Waals surface area contributed by atoms with Crippen LogP contribution in [-0.2, 0) is 11.2 Å². The van der Waals surface area contributed by atoms with Crippen molar-refractivity contribution in [3.05, 3.63) is 28.2 Å². The second kappa shape index (κ2) is 4.80. The molecule has 0 aromatic heterocycles. The maximum Gasteiger partial charge on any atom is 0.306 e. The number of carbonyl (C=O) groups is 1. The summed E-state index contributed by atoms with van der Waals surface area (Å²) in [4.78, 5) is 12.1. The van der Waals surface area contributed by atoms with Gasteiger partial charge in [-0.2, -0.15) is 0 Å². The van der Waals surface area contributed by atoms with E-state index in [1.54, 1.807) is 18.7 Å². The highest BCUT2D eigenvalue weighted by Gasteiger charge is 2.26. The third-order valence-corrected chi connectivity index (χ3v) is 4.64. The van der Waals surface area contributed by atoms with Crippen LogP contribution in [0.4, 0.5) is 0 Å². The lowest BCUT2D eigenvalue weighted by molar-refractivity contribution is -0.141.